The Morgan fingerprint density at radius 1 is 1.00 bits per heavy atom. The molecule has 0 aromatic heterocycles. The Morgan fingerprint density at radius 2 is 1.81 bits per heavy atom. The number of nitrogens with zero attached hydrogens (tertiary/aromatic N) is 1. The van der Waals surface area contributed by atoms with Gasteiger partial charge in [-0.1, -0.05) is 41.4 Å². The van der Waals surface area contributed by atoms with Gasteiger partial charge in [0.2, 0.25) is 6.79 Å². The smallest absolute Gasteiger partial charge is 0.262 e. The third kappa shape index (κ3) is 6.22. The van der Waals surface area contributed by atoms with Crippen molar-refractivity contribution in [3.05, 3.63) is 86.9 Å². The first kappa shape index (κ1) is 25.2. The number of hydrogen-bond acceptors (Lipinski definition) is 6. The molecule has 4 rings (SSSR count). The van der Waals surface area contributed by atoms with Crippen LogP contribution in [0.2, 0.25) is 10.0 Å². The van der Waals surface area contributed by atoms with Crippen molar-refractivity contribution in [1.82, 2.24) is 5.32 Å². The van der Waals surface area contributed by atoms with Gasteiger partial charge in [-0.05, 0) is 66.1 Å². The van der Waals surface area contributed by atoms with Crippen LogP contribution in [-0.2, 0) is 17.9 Å². The summed E-state index contributed by atoms with van der Waals surface area (Å²) in [6.07, 6.45) is 1.50. The van der Waals surface area contributed by atoms with Crippen LogP contribution in [0.25, 0.3) is 6.08 Å². The lowest BCUT2D eigenvalue weighted by molar-refractivity contribution is -0.117. The number of carbonyl (C=O) groups excluding carboxylic acids is 1. The van der Waals surface area contributed by atoms with Crippen molar-refractivity contribution in [2.45, 2.75) is 20.1 Å². The van der Waals surface area contributed by atoms with Gasteiger partial charge in [-0.3, -0.25) is 4.79 Å². The summed E-state index contributed by atoms with van der Waals surface area (Å²) in [5.74, 6) is 1.81. The highest BCUT2D eigenvalue weighted by molar-refractivity contribution is 6.42. The molecule has 7 nitrogen and oxygen atoms in total. The largest absolute Gasteiger partial charge is 0.490 e. The predicted molar refractivity (Wildman–Crippen MR) is 136 cm³/mol. The van der Waals surface area contributed by atoms with Gasteiger partial charge in [0.15, 0.2) is 23.0 Å². The lowest BCUT2D eigenvalue weighted by Crippen LogP contribution is -2.23. The van der Waals surface area contributed by atoms with Crippen LogP contribution < -0.4 is 24.3 Å². The Bertz CT molecular complexity index is 1350. The molecule has 1 aliphatic heterocycles. The maximum Gasteiger partial charge on any atom is 0.262 e. The number of amides is 1. The number of carbonyl (C=O) groups is 1. The first-order valence-electron chi connectivity index (χ1n) is 11.1. The van der Waals surface area contributed by atoms with Crippen LogP contribution in [-0.4, -0.2) is 19.3 Å². The summed E-state index contributed by atoms with van der Waals surface area (Å²) in [6, 6.07) is 17.8. The number of rotatable bonds is 9. The lowest BCUT2D eigenvalue weighted by Gasteiger charge is -2.13. The molecule has 9 heteroatoms. The van der Waals surface area contributed by atoms with Gasteiger partial charge in [0.25, 0.3) is 5.91 Å². The number of hydrogen-bond donors (Lipinski definition) is 1. The fourth-order valence-electron chi connectivity index (χ4n) is 3.44. The minimum absolute atomic E-state index is 0.0392. The van der Waals surface area contributed by atoms with Crippen molar-refractivity contribution in [2.75, 3.05) is 13.4 Å². The Labute approximate surface area is 218 Å². The molecule has 0 radical (unpaired) electrons. The first-order valence-corrected chi connectivity index (χ1v) is 11.8. The van der Waals surface area contributed by atoms with E-state index in [1.165, 1.54) is 6.08 Å². The monoisotopic (exact) mass is 524 g/mol. The van der Waals surface area contributed by atoms with Crippen LogP contribution in [0.4, 0.5) is 0 Å². The average Bonchev–Trinajstić information content (AvgIpc) is 3.35. The summed E-state index contributed by atoms with van der Waals surface area (Å²) >= 11 is 12.0. The van der Waals surface area contributed by atoms with Gasteiger partial charge in [0.05, 0.1) is 16.7 Å². The Hall–Kier alpha value is -3.86. The molecule has 0 bridgehead atoms. The molecule has 1 amide bonds. The Morgan fingerprint density at radius 3 is 2.58 bits per heavy atom. The van der Waals surface area contributed by atoms with Crippen LogP contribution in [0, 0.1) is 11.3 Å². The van der Waals surface area contributed by atoms with Crippen LogP contribution in [0.5, 0.6) is 23.0 Å². The van der Waals surface area contributed by atoms with Crippen LogP contribution in [0.1, 0.15) is 23.6 Å². The zero-order chi connectivity index (χ0) is 25.5. The molecule has 0 saturated heterocycles. The number of nitrogens with one attached hydrogen (secondary N) is 1. The standard InChI is InChI=1S/C27H22Cl2N2O5/c1-2-33-25-11-17(4-7-23(25)34-15-19-3-6-21(28)22(29)10-19)9-20(13-30)27(32)31-14-18-5-8-24-26(12-18)36-16-35-24/h3-12H,2,14-16H2,1H3,(H,31,32)/b20-9+. The van der Waals surface area contributed by atoms with Gasteiger partial charge in [-0.25, -0.2) is 0 Å². The van der Waals surface area contributed by atoms with Crippen LogP contribution in [0.3, 0.4) is 0 Å². The minimum atomic E-state index is -0.493. The van der Waals surface area contributed by atoms with Crippen LogP contribution in [0.15, 0.2) is 60.2 Å². The van der Waals surface area contributed by atoms with E-state index in [1.807, 2.05) is 25.1 Å². The Balaban J connectivity index is 1.44. The van der Waals surface area contributed by atoms with Crippen molar-refractivity contribution in [1.29, 1.82) is 5.26 Å². The number of fused-ring (bicyclic) bond motifs is 1. The molecule has 184 valence electrons. The second-order valence-electron chi connectivity index (χ2n) is 7.72. The molecular formula is C27H22Cl2N2O5. The SMILES string of the molecule is CCOc1cc(/C=C(\C#N)C(=O)NCc2ccc3c(c2)OCO3)ccc1OCc1ccc(Cl)c(Cl)c1. The maximum atomic E-state index is 12.6. The van der Waals surface area contributed by atoms with E-state index in [-0.39, 0.29) is 25.5 Å². The summed E-state index contributed by atoms with van der Waals surface area (Å²) in [7, 11) is 0. The molecule has 1 aliphatic rings. The molecule has 36 heavy (non-hydrogen) atoms. The minimum Gasteiger partial charge on any atom is -0.490 e. The topological polar surface area (TPSA) is 89.8 Å². The van der Waals surface area contributed by atoms with Crippen LogP contribution >= 0.6 is 23.2 Å². The number of ether oxygens (including phenoxy) is 4. The highest BCUT2D eigenvalue weighted by Crippen LogP contribution is 2.33. The summed E-state index contributed by atoms with van der Waals surface area (Å²) < 4.78 is 22.3. The van der Waals surface area contributed by atoms with Crippen molar-refractivity contribution in [3.8, 4) is 29.1 Å². The normalized spacial score (nSPS) is 12.1. The highest BCUT2D eigenvalue weighted by atomic mass is 35.5. The van der Waals surface area contributed by atoms with Gasteiger partial charge < -0.3 is 24.3 Å². The van der Waals surface area contributed by atoms with Crippen molar-refractivity contribution in [2.24, 2.45) is 0 Å². The van der Waals surface area contributed by atoms with E-state index in [4.69, 9.17) is 42.1 Å². The molecular weight excluding hydrogens is 503 g/mol. The third-order valence-electron chi connectivity index (χ3n) is 5.21. The predicted octanol–water partition coefficient (Wildman–Crippen LogP) is 5.92. The molecule has 3 aromatic carbocycles. The summed E-state index contributed by atoms with van der Waals surface area (Å²) in [5, 5.41) is 13.2. The molecule has 1 heterocycles. The van der Waals surface area contributed by atoms with Gasteiger partial charge in [-0.2, -0.15) is 5.26 Å². The number of nitriles is 1. The number of halogens is 2. The molecule has 0 atom stereocenters. The van der Waals surface area contributed by atoms with E-state index in [9.17, 15) is 10.1 Å². The van der Waals surface area contributed by atoms with Gasteiger partial charge >= 0.3 is 0 Å². The highest BCUT2D eigenvalue weighted by Gasteiger charge is 2.15. The van der Waals surface area contributed by atoms with Gasteiger partial charge in [-0.15, -0.1) is 0 Å². The zero-order valence-electron chi connectivity index (χ0n) is 19.3. The number of benzene rings is 3. The molecule has 0 unspecified atom stereocenters. The van der Waals surface area contributed by atoms with Gasteiger partial charge in [0, 0.05) is 6.54 Å². The molecule has 0 saturated carbocycles. The quantitative estimate of drug-likeness (QED) is 0.276. The second-order valence-corrected chi connectivity index (χ2v) is 8.53. The van der Waals surface area contributed by atoms with E-state index in [1.54, 1.807) is 42.5 Å². The fraction of sp³-hybridized carbons (Fsp3) is 0.185. The maximum absolute atomic E-state index is 12.6. The summed E-state index contributed by atoms with van der Waals surface area (Å²) in [6.45, 7) is 2.94. The molecule has 0 fully saturated rings. The van der Waals surface area contributed by atoms with E-state index in [0.717, 1.165) is 11.1 Å². The molecule has 0 aliphatic carbocycles. The van der Waals surface area contributed by atoms with E-state index >= 15 is 0 Å². The van der Waals surface area contributed by atoms with Crippen molar-refractivity contribution >= 4 is 35.2 Å². The van der Waals surface area contributed by atoms with Crippen molar-refractivity contribution in [3.63, 3.8) is 0 Å². The van der Waals surface area contributed by atoms with E-state index in [2.05, 4.69) is 5.32 Å². The Kier molecular flexibility index (Phi) is 8.21. The second kappa shape index (κ2) is 11.7. The zero-order valence-corrected chi connectivity index (χ0v) is 20.9. The van der Waals surface area contributed by atoms with E-state index in [0.29, 0.717) is 45.2 Å². The molecule has 1 N–H and O–H groups in total. The third-order valence-corrected chi connectivity index (χ3v) is 5.95. The average molecular weight is 525 g/mol. The van der Waals surface area contributed by atoms with E-state index < -0.39 is 5.91 Å². The molecule has 0 spiro atoms. The lowest BCUT2D eigenvalue weighted by atomic mass is 10.1. The van der Waals surface area contributed by atoms with Crippen molar-refractivity contribution < 1.29 is 23.7 Å². The summed E-state index contributed by atoms with van der Waals surface area (Å²) in [5.41, 5.74) is 2.26. The summed E-state index contributed by atoms with van der Waals surface area (Å²) in [4.78, 5) is 12.6. The molecule has 3 aromatic rings. The first-order chi connectivity index (χ1) is 17.5. The fourth-order valence-corrected chi connectivity index (χ4v) is 3.76. The van der Waals surface area contributed by atoms with Gasteiger partial charge in [0.1, 0.15) is 18.2 Å².